The molecule has 132 valence electrons. The van der Waals surface area contributed by atoms with Crippen LogP contribution < -0.4 is 10.6 Å². The van der Waals surface area contributed by atoms with Crippen LogP contribution in [-0.4, -0.2) is 25.0 Å². The van der Waals surface area contributed by atoms with E-state index in [4.69, 9.17) is 9.47 Å². The first-order chi connectivity index (χ1) is 12.6. The second-order valence-electron chi connectivity index (χ2n) is 6.13. The minimum atomic E-state index is -0.291. The third-order valence-electron chi connectivity index (χ3n) is 4.36. The molecule has 2 heterocycles. The molecule has 2 aliphatic heterocycles. The first-order valence-electron chi connectivity index (χ1n) is 8.42. The molecule has 1 amide bonds. The van der Waals surface area contributed by atoms with E-state index in [2.05, 4.69) is 10.6 Å². The number of para-hydroxylation sites is 1. The molecule has 2 aromatic rings. The van der Waals surface area contributed by atoms with Crippen LogP contribution in [0.4, 0.5) is 11.4 Å². The minimum absolute atomic E-state index is 0.141. The molecule has 4 rings (SSSR count). The Morgan fingerprint density at radius 1 is 1.23 bits per heavy atom. The zero-order chi connectivity index (χ0) is 18.1. The number of carbonyl (C=O) groups excluding carboxylic acids is 2. The van der Waals surface area contributed by atoms with Gasteiger partial charge in [0, 0.05) is 41.5 Å². The fourth-order valence-electron chi connectivity index (χ4n) is 3.21. The van der Waals surface area contributed by atoms with E-state index in [1.165, 1.54) is 6.92 Å². The molecular weight excluding hydrogens is 332 g/mol. The zero-order valence-electron chi connectivity index (χ0n) is 14.3. The van der Waals surface area contributed by atoms with Crippen molar-refractivity contribution >= 4 is 34.6 Å². The molecule has 26 heavy (non-hydrogen) atoms. The summed E-state index contributed by atoms with van der Waals surface area (Å²) in [5, 5.41) is 6.09. The highest BCUT2D eigenvalue weighted by atomic mass is 16.5. The maximum Gasteiger partial charge on any atom is 0.302 e. The molecule has 6 heteroatoms. The predicted molar refractivity (Wildman–Crippen MR) is 98.2 cm³/mol. The Morgan fingerprint density at radius 3 is 2.92 bits per heavy atom. The molecule has 0 bridgehead atoms. The highest BCUT2D eigenvalue weighted by Gasteiger charge is 2.32. The summed E-state index contributed by atoms with van der Waals surface area (Å²) in [4.78, 5) is 23.2. The van der Waals surface area contributed by atoms with E-state index in [1.807, 2.05) is 42.5 Å². The summed E-state index contributed by atoms with van der Waals surface area (Å²) in [6.45, 7) is 2.65. The monoisotopic (exact) mass is 350 g/mol. The highest BCUT2D eigenvalue weighted by Crippen LogP contribution is 2.41. The van der Waals surface area contributed by atoms with E-state index in [-0.39, 0.29) is 11.9 Å². The van der Waals surface area contributed by atoms with Gasteiger partial charge in [-0.3, -0.25) is 9.59 Å². The lowest BCUT2D eigenvalue weighted by atomic mass is 10.0. The highest BCUT2D eigenvalue weighted by molar-refractivity contribution is 6.36. The molecule has 0 spiro atoms. The average molecular weight is 350 g/mol. The van der Waals surface area contributed by atoms with Crippen LogP contribution in [0.2, 0.25) is 0 Å². The van der Waals surface area contributed by atoms with E-state index in [9.17, 15) is 9.59 Å². The van der Waals surface area contributed by atoms with Crippen LogP contribution in [-0.2, 0) is 25.7 Å². The van der Waals surface area contributed by atoms with Gasteiger partial charge in [-0.05, 0) is 24.3 Å². The van der Waals surface area contributed by atoms with Gasteiger partial charge in [-0.1, -0.05) is 18.2 Å². The van der Waals surface area contributed by atoms with Crippen LogP contribution in [0.25, 0.3) is 11.3 Å². The van der Waals surface area contributed by atoms with Crippen molar-refractivity contribution in [2.24, 2.45) is 0 Å². The van der Waals surface area contributed by atoms with Crippen molar-refractivity contribution < 1.29 is 19.1 Å². The molecule has 6 nitrogen and oxygen atoms in total. The van der Waals surface area contributed by atoms with E-state index >= 15 is 0 Å². The maximum absolute atomic E-state index is 12.4. The van der Waals surface area contributed by atoms with Crippen molar-refractivity contribution in [3.63, 3.8) is 0 Å². The number of carbonyl (C=O) groups is 2. The Kier molecular flexibility index (Phi) is 4.08. The standard InChI is InChI=1S/C20H18N2O4/c1-12(23)25-9-8-21-14-6-7-15-13(10-14)11-26-19(15)18-16-4-2-3-5-17(16)22-20(18)24/h2-7,10,21H,8-9,11H2,1H3,(H,22,24). The SMILES string of the molecule is CC(=O)OCCNc1ccc2c(c1)COC2=C1C(=O)Nc2ccccc21. The summed E-state index contributed by atoms with van der Waals surface area (Å²) < 4.78 is 10.8. The van der Waals surface area contributed by atoms with Crippen LogP contribution in [0.1, 0.15) is 23.6 Å². The Hall–Kier alpha value is -3.28. The number of nitrogens with one attached hydrogen (secondary N) is 2. The number of rotatable bonds is 4. The molecule has 0 unspecified atom stereocenters. The van der Waals surface area contributed by atoms with Crippen molar-refractivity contribution in [3.05, 3.63) is 59.2 Å². The number of hydrogen-bond donors (Lipinski definition) is 2. The van der Waals surface area contributed by atoms with Gasteiger partial charge in [-0.25, -0.2) is 0 Å². The minimum Gasteiger partial charge on any atom is -0.487 e. The first-order valence-corrected chi connectivity index (χ1v) is 8.42. The fourth-order valence-corrected chi connectivity index (χ4v) is 3.21. The van der Waals surface area contributed by atoms with E-state index in [0.717, 1.165) is 28.1 Å². The molecule has 2 N–H and O–H groups in total. The summed E-state index contributed by atoms with van der Waals surface area (Å²) in [5.41, 5.74) is 5.11. The van der Waals surface area contributed by atoms with Gasteiger partial charge in [0.2, 0.25) is 0 Å². The average Bonchev–Trinajstić information content (AvgIpc) is 3.17. The van der Waals surface area contributed by atoms with Crippen molar-refractivity contribution in [3.8, 4) is 0 Å². The molecule has 2 aromatic carbocycles. The molecule has 0 fully saturated rings. The molecule has 0 atom stereocenters. The number of esters is 1. The van der Waals surface area contributed by atoms with Crippen LogP contribution in [0.5, 0.6) is 0 Å². The lowest BCUT2D eigenvalue weighted by Crippen LogP contribution is -2.11. The van der Waals surface area contributed by atoms with Gasteiger partial charge < -0.3 is 20.1 Å². The van der Waals surface area contributed by atoms with Crippen molar-refractivity contribution in [1.29, 1.82) is 0 Å². The smallest absolute Gasteiger partial charge is 0.302 e. The number of amides is 1. The van der Waals surface area contributed by atoms with Gasteiger partial charge in [0.25, 0.3) is 5.91 Å². The largest absolute Gasteiger partial charge is 0.487 e. The Labute approximate surface area is 150 Å². The van der Waals surface area contributed by atoms with Crippen molar-refractivity contribution in [2.45, 2.75) is 13.5 Å². The molecule has 2 aliphatic rings. The molecule has 0 saturated heterocycles. The molecule has 0 aromatic heterocycles. The predicted octanol–water partition coefficient (Wildman–Crippen LogP) is 3.01. The van der Waals surface area contributed by atoms with Gasteiger partial charge in [0.1, 0.15) is 19.0 Å². The Morgan fingerprint density at radius 2 is 2.08 bits per heavy atom. The molecular formula is C20H18N2O4. The summed E-state index contributed by atoms with van der Waals surface area (Å²) in [7, 11) is 0. The van der Waals surface area contributed by atoms with Crippen LogP contribution >= 0.6 is 0 Å². The number of hydrogen-bond acceptors (Lipinski definition) is 5. The molecule has 0 saturated carbocycles. The topological polar surface area (TPSA) is 76.7 Å². The summed E-state index contributed by atoms with van der Waals surface area (Å²) in [5.74, 6) is 0.187. The van der Waals surface area contributed by atoms with Crippen molar-refractivity contribution in [2.75, 3.05) is 23.8 Å². The number of benzene rings is 2. The van der Waals surface area contributed by atoms with Gasteiger partial charge in [-0.2, -0.15) is 0 Å². The molecule has 0 aliphatic carbocycles. The van der Waals surface area contributed by atoms with Gasteiger partial charge >= 0.3 is 5.97 Å². The van der Waals surface area contributed by atoms with E-state index in [0.29, 0.717) is 31.1 Å². The summed E-state index contributed by atoms with van der Waals surface area (Å²) >= 11 is 0. The normalized spacial score (nSPS) is 17.2. The van der Waals surface area contributed by atoms with Crippen molar-refractivity contribution in [1.82, 2.24) is 0 Å². The lowest BCUT2D eigenvalue weighted by molar-refractivity contribution is -0.140. The van der Waals surface area contributed by atoms with Crippen LogP contribution in [0.15, 0.2) is 42.5 Å². The second kappa shape index (κ2) is 6.55. The zero-order valence-corrected chi connectivity index (χ0v) is 14.3. The lowest BCUT2D eigenvalue weighted by Gasteiger charge is -2.08. The first kappa shape index (κ1) is 16.2. The van der Waals surface area contributed by atoms with Crippen LogP contribution in [0.3, 0.4) is 0 Å². The van der Waals surface area contributed by atoms with Gasteiger partial charge in [0.05, 0.1) is 5.57 Å². The van der Waals surface area contributed by atoms with Gasteiger partial charge in [0.15, 0.2) is 0 Å². The molecule has 0 radical (unpaired) electrons. The van der Waals surface area contributed by atoms with Gasteiger partial charge in [-0.15, -0.1) is 0 Å². The van der Waals surface area contributed by atoms with E-state index in [1.54, 1.807) is 0 Å². The maximum atomic E-state index is 12.4. The van der Waals surface area contributed by atoms with Crippen LogP contribution in [0, 0.1) is 0 Å². The Bertz CT molecular complexity index is 933. The summed E-state index contributed by atoms with van der Waals surface area (Å²) in [6, 6.07) is 13.5. The second-order valence-corrected chi connectivity index (χ2v) is 6.13. The summed E-state index contributed by atoms with van der Waals surface area (Å²) in [6.07, 6.45) is 0. The Balaban J connectivity index is 1.59. The van der Waals surface area contributed by atoms with E-state index < -0.39 is 0 Å². The quantitative estimate of drug-likeness (QED) is 0.504. The number of ether oxygens (including phenoxy) is 2. The third kappa shape index (κ3) is 2.90. The third-order valence-corrected chi connectivity index (χ3v) is 4.36. The number of anilines is 2. The number of fused-ring (bicyclic) bond motifs is 2. The fraction of sp³-hybridized carbons (Fsp3) is 0.200.